The van der Waals surface area contributed by atoms with Crippen LogP contribution in [0.4, 0.5) is 0 Å². The van der Waals surface area contributed by atoms with Crippen LogP contribution in [0.25, 0.3) is 33.0 Å². The summed E-state index contributed by atoms with van der Waals surface area (Å²) in [6, 6.07) is 16.0. The van der Waals surface area contributed by atoms with E-state index in [1.807, 2.05) is 60.9 Å². The van der Waals surface area contributed by atoms with Gasteiger partial charge in [0.1, 0.15) is 0 Å². The summed E-state index contributed by atoms with van der Waals surface area (Å²) in [6.07, 6.45) is 4.68. The highest BCUT2D eigenvalue weighted by atomic mass is 16.5. The number of carbonyl (C=O) groups is 2. The number of para-hydroxylation sites is 2. The SMILES string of the molecule is COCC1CCn2cc(c3ccccc32)C2=C(C(=O)NC2=O)c2cn(c3ccccc23)CCO1. The minimum absolute atomic E-state index is 0.0509. The van der Waals surface area contributed by atoms with Crippen molar-refractivity contribution in [2.24, 2.45) is 0 Å². The zero-order chi connectivity index (χ0) is 23.2. The Morgan fingerprint density at radius 3 is 2.03 bits per heavy atom. The molecule has 0 saturated carbocycles. The first-order valence-electron chi connectivity index (χ1n) is 11.5. The summed E-state index contributed by atoms with van der Waals surface area (Å²) in [4.78, 5) is 26.3. The minimum Gasteiger partial charge on any atom is -0.382 e. The van der Waals surface area contributed by atoms with E-state index < -0.39 is 0 Å². The fourth-order valence-corrected chi connectivity index (χ4v) is 5.23. The average Bonchev–Trinajstić information content (AvgIpc) is 3.48. The van der Waals surface area contributed by atoms with Crippen molar-refractivity contribution in [3.05, 3.63) is 72.1 Å². The van der Waals surface area contributed by atoms with E-state index in [9.17, 15) is 9.59 Å². The molecule has 0 saturated heterocycles. The lowest BCUT2D eigenvalue weighted by Crippen LogP contribution is -2.23. The van der Waals surface area contributed by atoms with Crippen molar-refractivity contribution in [3.8, 4) is 0 Å². The van der Waals surface area contributed by atoms with Gasteiger partial charge in [0.15, 0.2) is 0 Å². The van der Waals surface area contributed by atoms with Crippen molar-refractivity contribution in [1.82, 2.24) is 14.5 Å². The fourth-order valence-electron chi connectivity index (χ4n) is 5.23. The van der Waals surface area contributed by atoms with Crippen molar-refractivity contribution >= 4 is 44.8 Å². The van der Waals surface area contributed by atoms with Crippen molar-refractivity contribution in [2.75, 3.05) is 20.3 Å². The summed E-state index contributed by atoms with van der Waals surface area (Å²) in [5.41, 5.74) is 4.41. The van der Waals surface area contributed by atoms with E-state index in [1.165, 1.54) is 0 Å². The predicted molar refractivity (Wildman–Crippen MR) is 130 cm³/mol. The molecular formula is C27H25N3O4. The molecule has 7 nitrogen and oxygen atoms in total. The molecule has 172 valence electrons. The van der Waals surface area contributed by atoms with Gasteiger partial charge in [-0.15, -0.1) is 0 Å². The molecule has 2 aromatic heterocycles. The normalized spacial score (nSPS) is 18.9. The Labute approximate surface area is 196 Å². The van der Waals surface area contributed by atoms with Crippen LogP contribution in [0.1, 0.15) is 17.5 Å². The van der Waals surface area contributed by atoms with Crippen LogP contribution >= 0.6 is 0 Å². The Morgan fingerprint density at radius 1 is 0.882 bits per heavy atom. The zero-order valence-corrected chi connectivity index (χ0v) is 18.9. The monoisotopic (exact) mass is 455 g/mol. The number of hydrogen-bond acceptors (Lipinski definition) is 4. The standard InChI is InChI=1S/C27H25N3O4/c1-33-16-17-10-11-29-14-20(18-6-2-4-8-22(18)29)24-25(27(32)28-26(24)31)21-15-30(12-13-34-17)23-9-5-3-7-19(21)23/h2-9,14-15,17H,10-13,16H2,1H3,(H,28,31,32). The van der Waals surface area contributed by atoms with Crippen LogP contribution in [0.5, 0.6) is 0 Å². The molecule has 2 aliphatic heterocycles. The molecule has 4 bridgehead atoms. The number of hydrogen-bond donors (Lipinski definition) is 1. The van der Waals surface area contributed by atoms with Crippen LogP contribution in [-0.4, -0.2) is 47.4 Å². The van der Waals surface area contributed by atoms with Gasteiger partial charge in [0.25, 0.3) is 11.8 Å². The highest BCUT2D eigenvalue weighted by Gasteiger charge is 2.35. The lowest BCUT2D eigenvalue weighted by Gasteiger charge is -2.18. The number of ether oxygens (including phenoxy) is 2. The highest BCUT2D eigenvalue weighted by molar-refractivity contribution is 6.50. The van der Waals surface area contributed by atoms with E-state index >= 15 is 0 Å². The zero-order valence-electron chi connectivity index (χ0n) is 18.9. The second kappa shape index (κ2) is 8.27. The third-order valence-corrected chi connectivity index (χ3v) is 6.78. The quantitative estimate of drug-likeness (QED) is 0.469. The molecule has 1 N–H and O–H groups in total. The van der Waals surface area contributed by atoms with Crippen molar-refractivity contribution in [2.45, 2.75) is 25.6 Å². The largest absolute Gasteiger partial charge is 0.382 e. The summed E-state index contributed by atoms with van der Waals surface area (Å²) < 4.78 is 15.9. The van der Waals surface area contributed by atoms with Gasteiger partial charge in [-0.2, -0.15) is 0 Å². The number of imide groups is 1. The number of fused-ring (bicyclic) bond motifs is 12. The summed E-state index contributed by atoms with van der Waals surface area (Å²) in [5, 5.41) is 4.43. The van der Waals surface area contributed by atoms with Crippen LogP contribution < -0.4 is 5.32 Å². The molecule has 7 heteroatoms. The molecule has 2 aromatic carbocycles. The molecule has 4 heterocycles. The number of amides is 2. The maximum atomic E-state index is 13.2. The maximum absolute atomic E-state index is 13.2. The lowest BCUT2D eigenvalue weighted by atomic mass is 9.95. The van der Waals surface area contributed by atoms with Gasteiger partial charge in [-0.05, 0) is 18.6 Å². The Bertz CT molecular complexity index is 1480. The van der Waals surface area contributed by atoms with E-state index in [4.69, 9.17) is 9.47 Å². The number of nitrogens with zero attached hydrogens (tertiary/aromatic N) is 2. The number of nitrogens with one attached hydrogen (secondary N) is 1. The van der Waals surface area contributed by atoms with Crippen molar-refractivity contribution in [1.29, 1.82) is 0 Å². The van der Waals surface area contributed by atoms with Crippen LogP contribution in [0.15, 0.2) is 60.9 Å². The summed E-state index contributed by atoms with van der Waals surface area (Å²) in [5.74, 6) is -0.712. The highest BCUT2D eigenvalue weighted by Crippen LogP contribution is 2.39. The smallest absolute Gasteiger partial charge is 0.259 e. The molecule has 1 unspecified atom stereocenters. The van der Waals surface area contributed by atoms with E-state index in [-0.39, 0.29) is 17.9 Å². The molecule has 0 spiro atoms. The van der Waals surface area contributed by atoms with Gasteiger partial charge in [-0.1, -0.05) is 36.4 Å². The Kier molecular flexibility index (Phi) is 5.08. The van der Waals surface area contributed by atoms with Gasteiger partial charge in [0.05, 0.1) is 30.5 Å². The Hall–Kier alpha value is -3.68. The number of benzene rings is 2. The number of aromatic nitrogens is 2. The van der Waals surface area contributed by atoms with Gasteiger partial charge in [0.2, 0.25) is 0 Å². The lowest BCUT2D eigenvalue weighted by molar-refractivity contribution is -0.122. The van der Waals surface area contributed by atoms with Gasteiger partial charge < -0.3 is 18.6 Å². The van der Waals surface area contributed by atoms with Crippen LogP contribution in [-0.2, 0) is 32.2 Å². The van der Waals surface area contributed by atoms with Gasteiger partial charge in [-0.3, -0.25) is 14.9 Å². The topological polar surface area (TPSA) is 74.5 Å². The van der Waals surface area contributed by atoms with Crippen LogP contribution in [0, 0.1) is 0 Å². The fraction of sp³-hybridized carbons (Fsp3) is 0.259. The van der Waals surface area contributed by atoms with Crippen molar-refractivity contribution in [3.63, 3.8) is 0 Å². The maximum Gasteiger partial charge on any atom is 0.259 e. The summed E-state index contributed by atoms with van der Waals surface area (Å²) in [7, 11) is 1.69. The molecule has 1 atom stereocenters. The van der Waals surface area contributed by atoms with E-state index in [2.05, 4.69) is 14.5 Å². The summed E-state index contributed by atoms with van der Waals surface area (Å²) >= 11 is 0. The first kappa shape index (κ1) is 20.9. The van der Waals surface area contributed by atoms with E-state index in [0.717, 1.165) is 39.4 Å². The van der Waals surface area contributed by atoms with E-state index in [1.54, 1.807) is 7.11 Å². The molecule has 0 fully saturated rings. The third kappa shape index (κ3) is 3.28. The van der Waals surface area contributed by atoms with Crippen LogP contribution in [0.3, 0.4) is 0 Å². The van der Waals surface area contributed by atoms with Gasteiger partial charge in [0, 0.05) is 65.5 Å². The first-order valence-corrected chi connectivity index (χ1v) is 11.5. The number of methoxy groups -OCH3 is 1. The van der Waals surface area contributed by atoms with Gasteiger partial charge in [-0.25, -0.2) is 0 Å². The molecule has 34 heavy (non-hydrogen) atoms. The average molecular weight is 456 g/mol. The molecule has 0 aliphatic carbocycles. The van der Waals surface area contributed by atoms with Crippen LogP contribution in [0.2, 0.25) is 0 Å². The molecule has 2 amide bonds. The van der Waals surface area contributed by atoms with Gasteiger partial charge >= 0.3 is 0 Å². The molecular weight excluding hydrogens is 430 g/mol. The Morgan fingerprint density at radius 2 is 1.44 bits per heavy atom. The summed E-state index contributed by atoms with van der Waals surface area (Å²) in [6.45, 7) is 2.36. The molecule has 4 aromatic rings. The Balaban J connectivity index is 1.64. The van der Waals surface area contributed by atoms with Crippen molar-refractivity contribution < 1.29 is 19.1 Å². The number of carbonyl (C=O) groups excluding carboxylic acids is 2. The predicted octanol–water partition coefficient (Wildman–Crippen LogP) is 3.60. The number of rotatable bonds is 2. The molecule has 2 aliphatic rings. The molecule has 0 radical (unpaired) electrons. The third-order valence-electron chi connectivity index (χ3n) is 6.78. The molecule has 6 rings (SSSR count). The minimum atomic E-state index is -0.358. The first-order chi connectivity index (χ1) is 16.7. The second-order valence-corrected chi connectivity index (χ2v) is 8.78. The van der Waals surface area contributed by atoms with E-state index in [0.29, 0.717) is 37.4 Å². The second-order valence-electron chi connectivity index (χ2n) is 8.78. The number of aryl methyl sites for hydroxylation is 1.